The summed E-state index contributed by atoms with van der Waals surface area (Å²) in [6, 6.07) is 10.8. The first-order chi connectivity index (χ1) is 12.0. The molecule has 130 valence electrons. The van der Waals surface area contributed by atoms with E-state index in [2.05, 4.69) is 16.0 Å². The van der Waals surface area contributed by atoms with Crippen LogP contribution < -0.4 is 0 Å². The van der Waals surface area contributed by atoms with E-state index < -0.39 is 6.43 Å². The topological polar surface area (TPSA) is 52.1 Å². The molecule has 0 saturated heterocycles. The van der Waals surface area contributed by atoms with Gasteiger partial charge in [-0.05, 0) is 37.1 Å². The monoisotopic (exact) mass is 343 g/mol. The average molecular weight is 343 g/mol. The van der Waals surface area contributed by atoms with Crippen molar-refractivity contribution in [2.75, 3.05) is 6.54 Å². The summed E-state index contributed by atoms with van der Waals surface area (Å²) in [6.45, 7) is 1.66. The zero-order valence-electron chi connectivity index (χ0n) is 13.8. The fourth-order valence-electron chi connectivity index (χ4n) is 3.83. The molecule has 0 bridgehead atoms. The Bertz CT molecular complexity index is 891. The summed E-state index contributed by atoms with van der Waals surface area (Å²) < 4.78 is 26.4. The lowest BCUT2D eigenvalue weighted by atomic mass is 9.90. The molecule has 4 nitrogen and oxygen atoms in total. The predicted molar refractivity (Wildman–Crippen MR) is 91.9 cm³/mol. The molecule has 0 radical (unpaired) electrons. The van der Waals surface area contributed by atoms with Crippen LogP contribution in [0.25, 0.3) is 10.9 Å². The number of para-hydroxylation sites is 1. The largest absolute Gasteiger partial charge is 0.506 e. The lowest BCUT2D eigenvalue weighted by Crippen LogP contribution is -2.45. The van der Waals surface area contributed by atoms with Gasteiger partial charge in [0.1, 0.15) is 5.75 Å². The number of rotatable bonds is 3. The first kappa shape index (κ1) is 16.0. The fourth-order valence-corrected chi connectivity index (χ4v) is 3.83. The Balaban J connectivity index is 1.90. The maximum absolute atomic E-state index is 13.2. The van der Waals surface area contributed by atoms with Gasteiger partial charge in [-0.2, -0.15) is 0 Å². The zero-order valence-corrected chi connectivity index (χ0v) is 13.8. The summed E-state index contributed by atoms with van der Waals surface area (Å²) in [5.41, 5.74) is 3.73. The molecule has 0 spiro atoms. The molecule has 3 heterocycles. The normalized spacial score (nSPS) is 21.0. The number of alkyl halides is 2. The number of fused-ring (bicyclic) bond motifs is 3. The third-order valence-corrected chi connectivity index (χ3v) is 4.92. The number of nitrogens with one attached hydrogen (secondary N) is 1. The smallest absolute Gasteiger partial charge is 0.251 e. The van der Waals surface area contributed by atoms with E-state index in [1.807, 2.05) is 25.1 Å². The number of halogens is 2. The zero-order chi connectivity index (χ0) is 17.6. The van der Waals surface area contributed by atoms with Gasteiger partial charge in [-0.3, -0.25) is 9.88 Å². The summed E-state index contributed by atoms with van der Waals surface area (Å²) in [6.07, 6.45) is -0.356. The molecule has 0 amide bonds. The van der Waals surface area contributed by atoms with Crippen molar-refractivity contribution in [3.8, 4) is 5.75 Å². The Kier molecular flexibility index (Phi) is 3.92. The minimum Gasteiger partial charge on any atom is -0.506 e. The van der Waals surface area contributed by atoms with Crippen molar-refractivity contribution in [3.05, 3.63) is 59.5 Å². The van der Waals surface area contributed by atoms with Crippen molar-refractivity contribution in [2.24, 2.45) is 0 Å². The van der Waals surface area contributed by atoms with Crippen molar-refractivity contribution in [2.45, 2.75) is 31.9 Å². The molecule has 1 aliphatic heterocycles. The van der Waals surface area contributed by atoms with Gasteiger partial charge in [0.05, 0.1) is 24.5 Å². The molecule has 1 aromatic carbocycles. The van der Waals surface area contributed by atoms with Crippen molar-refractivity contribution in [1.82, 2.24) is 14.9 Å². The van der Waals surface area contributed by atoms with Crippen LogP contribution in [0.15, 0.2) is 42.6 Å². The lowest BCUT2D eigenvalue weighted by molar-refractivity contribution is 0.0446. The molecule has 2 aromatic heterocycles. The lowest BCUT2D eigenvalue weighted by Gasteiger charge is -2.40. The molecular weight excluding hydrogens is 324 g/mol. The van der Waals surface area contributed by atoms with Gasteiger partial charge in [-0.25, -0.2) is 8.78 Å². The molecule has 0 aliphatic carbocycles. The highest BCUT2D eigenvalue weighted by Crippen LogP contribution is 2.40. The number of pyridine rings is 1. The Labute approximate surface area is 144 Å². The quantitative estimate of drug-likeness (QED) is 0.759. The molecule has 3 aromatic rings. The second-order valence-electron chi connectivity index (χ2n) is 6.55. The molecule has 0 fully saturated rings. The van der Waals surface area contributed by atoms with Crippen molar-refractivity contribution >= 4 is 10.9 Å². The summed E-state index contributed by atoms with van der Waals surface area (Å²) in [5, 5.41) is 10.7. The van der Waals surface area contributed by atoms with Gasteiger partial charge in [-0.15, -0.1) is 0 Å². The number of aromatic hydroxyl groups is 1. The number of hydrogen-bond donors (Lipinski definition) is 2. The third-order valence-electron chi connectivity index (χ3n) is 4.92. The first-order valence-corrected chi connectivity index (χ1v) is 8.33. The number of nitrogens with zero attached hydrogens (tertiary/aromatic N) is 2. The Hall–Kier alpha value is -2.47. The standard InChI is InChI=1S/C19H19F2N3O/c1-11-8-14-13-4-2-3-5-15(13)23-18(14)19(24(11)10-17(20)21)16-7-6-12(25)9-22-16/h2-7,9,11,17,19,23,25H,8,10H2,1H3/t11-,19+/m1/s1. The number of H-pyrrole nitrogens is 1. The average Bonchev–Trinajstić information content (AvgIpc) is 2.94. The Morgan fingerprint density at radius 1 is 1.28 bits per heavy atom. The molecular formula is C19H19F2N3O. The van der Waals surface area contributed by atoms with Crippen molar-refractivity contribution in [1.29, 1.82) is 0 Å². The number of benzene rings is 1. The third kappa shape index (κ3) is 2.76. The van der Waals surface area contributed by atoms with Crippen LogP contribution in [0.1, 0.15) is 29.9 Å². The van der Waals surface area contributed by atoms with Crippen LogP contribution in [0, 0.1) is 0 Å². The molecule has 25 heavy (non-hydrogen) atoms. The van der Waals surface area contributed by atoms with Crippen LogP contribution in [-0.4, -0.2) is 39.0 Å². The van der Waals surface area contributed by atoms with Gasteiger partial charge < -0.3 is 10.1 Å². The van der Waals surface area contributed by atoms with E-state index >= 15 is 0 Å². The maximum Gasteiger partial charge on any atom is 0.251 e. The van der Waals surface area contributed by atoms with Gasteiger partial charge >= 0.3 is 0 Å². The summed E-state index contributed by atoms with van der Waals surface area (Å²) in [7, 11) is 0. The van der Waals surface area contributed by atoms with Gasteiger partial charge in [0.2, 0.25) is 0 Å². The molecule has 0 saturated carbocycles. The van der Waals surface area contributed by atoms with E-state index in [4.69, 9.17) is 0 Å². The van der Waals surface area contributed by atoms with E-state index in [-0.39, 0.29) is 24.4 Å². The van der Waals surface area contributed by atoms with Crippen LogP contribution in [0.3, 0.4) is 0 Å². The summed E-state index contributed by atoms with van der Waals surface area (Å²) >= 11 is 0. The Morgan fingerprint density at radius 3 is 2.80 bits per heavy atom. The molecule has 2 atom stereocenters. The van der Waals surface area contributed by atoms with Gasteiger partial charge in [0, 0.05) is 22.6 Å². The minimum absolute atomic E-state index is 0.0405. The van der Waals surface area contributed by atoms with Gasteiger partial charge in [0.25, 0.3) is 6.43 Å². The summed E-state index contributed by atoms with van der Waals surface area (Å²) in [5.74, 6) is 0.0601. The molecule has 2 N–H and O–H groups in total. The highest BCUT2D eigenvalue weighted by Gasteiger charge is 2.37. The molecule has 4 rings (SSSR count). The molecule has 6 heteroatoms. The first-order valence-electron chi connectivity index (χ1n) is 8.33. The van der Waals surface area contributed by atoms with Crippen molar-refractivity contribution in [3.63, 3.8) is 0 Å². The van der Waals surface area contributed by atoms with Crippen LogP contribution in [0.4, 0.5) is 8.78 Å². The number of hydrogen-bond acceptors (Lipinski definition) is 3. The maximum atomic E-state index is 13.2. The second-order valence-corrected chi connectivity index (χ2v) is 6.55. The van der Waals surface area contributed by atoms with E-state index in [1.165, 1.54) is 6.20 Å². The van der Waals surface area contributed by atoms with Gasteiger partial charge in [-0.1, -0.05) is 18.2 Å². The fraction of sp³-hybridized carbons (Fsp3) is 0.316. The minimum atomic E-state index is -2.42. The highest BCUT2D eigenvalue weighted by molar-refractivity contribution is 5.85. The molecule has 0 unspecified atom stereocenters. The van der Waals surface area contributed by atoms with Crippen LogP contribution in [0.2, 0.25) is 0 Å². The van der Waals surface area contributed by atoms with E-state index in [9.17, 15) is 13.9 Å². The number of aromatic nitrogens is 2. The summed E-state index contributed by atoms with van der Waals surface area (Å²) in [4.78, 5) is 9.51. The van der Waals surface area contributed by atoms with E-state index in [0.717, 1.165) is 22.2 Å². The van der Waals surface area contributed by atoms with Crippen LogP contribution in [0.5, 0.6) is 5.75 Å². The van der Waals surface area contributed by atoms with E-state index in [1.54, 1.807) is 17.0 Å². The van der Waals surface area contributed by atoms with E-state index in [0.29, 0.717) is 12.1 Å². The van der Waals surface area contributed by atoms with Gasteiger partial charge in [0.15, 0.2) is 0 Å². The highest BCUT2D eigenvalue weighted by atomic mass is 19.3. The predicted octanol–water partition coefficient (Wildman–Crippen LogP) is 3.87. The van der Waals surface area contributed by atoms with Crippen LogP contribution in [-0.2, 0) is 6.42 Å². The number of aromatic amines is 1. The van der Waals surface area contributed by atoms with Crippen LogP contribution >= 0.6 is 0 Å². The molecule has 1 aliphatic rings. The Morgan fingerprint density at radius 2 is 2.08 bits per heavy atom. The second kappa shape index (κ2) is 6.11. The van der Waals surface area contributed by atoms with Crippen molar-refractivity contribution < 1.29 is 13.9 Å². The SMILES string of the molecule is C[C@@H]1Cc2c([nH]c3ccccc23)[C@H](c2ccc(O)cn2)N1CC(F)F.